The number of anilines is 1. The minimum Gasteiger partial charge on any atom is -0.482 e. The molecule has 1 aromatic heterocycles. The van der Waals surface area contributed by atoms with E-state index in [1.807, 2.05) is 47.1 Å². The lowest BCUT2D eigenvalue weighted by molar-refractivity contribution is -0.118. The molecule has 31 heavy (non-hydrogen) atoms. The molecule has 158 valence electrons. The number of halogens is 1. The Bertz CT molecular complexity index is 1220. The van der Waals surface area contributed by atoms with Crippen LogP contribution in [-0.4, -0.2) is 22.9 Å². The smallest absolute Gasteiger partial charge is 0.262 e. The van der Waals surface area contributed by atoms with Crippen LogP contribution < -0.4 is 14.9 Å². The molecule has 0 atom stereocenters. The number of thiazole rings is 1. The number of carbonyl (C=O) groups excluding carboxylic acids is 1. The number of ether oxygens (including phenoxy) is 1. The van der Waals surface area contributed by atoms with Crippen LogP contribution >= 0.6 is 22.9 Å². The van der Waals surface area contributed by atoms with E-state index in [9.17, 15) is 4.79 Å². The number of benzene rings is 2. The first-order valence-corrected chi connectivity index (χ1v) is 11.6. The largest absolute Gasteiger partial charge is 0.482 e. The van der Waals surface area contributed by atoms with E-state index in [2.05, 4.69) is 10.7 Å². The van der Waals surface area contributed by atoms with Crippen molar-refractivity contribution in [2.75, 3.05) is 11.9 Å². The Morgan fingerprint density at radius 3 is 2.68 bits per heavy atom. The van der Waals surface area contributed by atoms with Crippen molar-refractivity contribution in [1.29, 1.82) is 0 Å². The van der Waals surface area contributed by atoms with Crippen LogP contribution in [0.2, 0.25) is 5.02 Å². The summed E-state index contributed by atoms with van der Waals surface area (Å²) in [5.74, 6) is 0.526. The highest BCUT2D eigenvalue weighted by molar-refractivity contribution is 7.07. The predicted molar refractivity (Wildman–Crippen MR) is 124 cm³/mol. The van der Waals surface area contributed by atoms with Crippen molar-refractivity contribution in [1.82, 2.24) is 4.68 Å². The van der Waals surface area contributed by atoms with Crippen LogP contribution in [0.25, 0.3) is 11.3 Å². The molecular formula is C23H21ClN4O2S. The lowest BCUT2D eigenvalue weighted by Gasteiger charge is -2.18. The molecule has 0 saturated heterocycles. The minimum atomic E-state index is -0.149. The molecule has 0 spiro atoms. The third-order valence-electron chi connectivity index (χ3n) is 5.32. The number of amides is 1. The van der Waals surface area contributed by atoms with Crippen molar-refractivity contribution in [3.63, 3.8) is 0 Å². The van der Waals surface area contributed by atoms with Crippen molar-refractivity contribution < 1.29 is 9.53 Å². The number of hydrogen-bond donors (Lipinski definition) is 1. The number of nitrogens with zero attached hydrogens (tertiary/aromatic N) is 3. The minimum absolute atomic E-state index is 0.0442. The second-order valence-electron chi connectivity index (χ2n) is 7.58. The molecule has 0 radical (unpaired) electrons. The number of aromatic nitrogens is 1. The summed E-state index contributed by atoms with van der Waals surface area (Å²) in [6.07, 6.45) is 5.62. The molecule has 1 N–H and O–H groups in total. The second kappa shape index (κ2) is 8.69. The molecule has 6 nitrogen and oxygen atoms in total. The van der Waals surface area contributed by atoms with E-state index in [0.29, 0.717) is 16.5 Å². The fourth-order valence-corrected chi connectivity index (χ4v) is 4.72. The molecule has 8 heteroatoms. The first-order valence-electron chi connectivity index (χ1n) is 10.3. The zero-order valence-electron chi connectivity index (χ0n) is 16.8. The van der Waals surface area contributed by atoms with E-state index in [1.165, 1.54) is 36.3 Å². The van der Waals surface area contributed by atoms with E-state index in [4.69, 9.17) is 26.4 Å². The first-order chi connectivity index (χ1) is 15.2. The van der Waals surface area contributed by atoms with Gasteiger partial charge in [-0.25, -0.2) is 9.67 Å². The van der Waals surface area contributed by atoms with Crippen molar-refractivity contribution in [2.24, 2.45) is 10.1 Å². The summed E-state index contributed by atoms with van der Waals surface area (Å²) >= 11 is 7.56. The quantitative estimate of drug-likeness (QED) is 0.561. The monoisotopic (exact) mass is 452 g/mol. The van der Waals surface area contributed by atoms with E-state index >= 15 is 0 Å². The van der Waals surface area contributed by atoms with E-state index in [-0.39, 0.29) is 12.5 Å². The first kappa shape index (κ1) is 20.0. The van der Waals surface area contributed by atoms with Gasteiger partial charge < -0.3 is 10.1 Å². The van der Waals surface area contributed by atoms with Gasteiger partial charge in [0.05, 0.1) is 17.1 Å². The Labute approximate surface area is 188 Å². The molecule has 3 aromatic rings. The highest BCUT2D eigenvalue weighted by atomic mass is 35.5. The maximum atomic E-state index is 11.7. The maximum absolute atomic E-state index is 11.7. The van der Waals surface area contributed by atoms with Gasteiger partial charge in [-0.05, 0) is 68.1 Å². The molecule has 2 heterocycles. The maximum Gasteiger partial charge on any atom is 0.262 e. The zero-order valence-corrected chi connectivity index (χ0v) is 18.4. The summed E-state index contributed by atoms with van der Waals surface area (Å²) in [5.41, 5.74) is 4.56. The summed E-state index contributed by atoms with van der Waals surface area (Å²) in [5, 5.41) is 10.6. The third kappa shape index (κ3) is 4.43. The van der Waals surface area contributed by atoms with Crippen molar-refractivity contribution >= 4 is 45.9 Å². The zero-order chi connectivity index (χ0) is 21.2. The predicted octanol–water partition coefficient (Wildman–Crippen LogP) is 5.60. The molecule has 1 aliphatic heterocycles. The molecule has 2 aliphatic rings. The van der Waals surface area contributed by atoms with Gasteiger partial charge in [0.25, 0.3) is 5.91 Å². The van der Waals surface area contributed by atoms with Crippen molar-refractivity contribution in [3.05, 3.63) is 57.7 Å². The fraction of sp³-hybridized carbons (Fsp3) is 0.261. The lowest BCUT2D eigenvalue weighted by atomic mass is 9.99. The van der Waals surface area contributed by atoms with Gasteiger partial charge >= 0.3 is 0 Å². The normalized spacial score (nSPS) is 16.5. The summed E-state index contributed by atoms with van der Waals surface area (Å²) in [6.45, 7) is 0.0442. The van der Waals surface area contributed by atoms with Gasteiger partial charge in [-0.15, -0.1) is 11.3 Å². The number of carbonyl (C=O) groups is 1. The summed E-state index contributed by atoms with van der Waals surface area (Å²) in [6, 6.07) is 13.3. The molecule has 2 aromatic carbocycles. The van der Waals surface area contributed by atoms with Crippen molar-refractivity contribution in [2.45, 2.75) is 32.1 Å². The lowest BCUT2D eigenvalue weighted by Crippen LogP contribution is -2.25. The van der Waals surface area contributed by atoms with Gasteiger partial charge in [0.1, 0.15) is 5.75 Å². The highest BCUT2D eigenvalue weighted by Crippen LogP contribution is 2.33. The van der Waals surface area contributed by atoms with Crippen LogP contribution in [-0.2, 0) is 4.79 Å². The van der Waals surface area contributed by atoms with Crippen LogP contribution in [0.15, 0.2) is 57.9 Å². The third-order valence-corrected chi connectivity index (χ3v) is 6.39. The van der Waals surface area contributed by atoms with Crippen LogP contribution in [0.1, 0.15) is 32.1 Å². The SMILES string of the molecule is O=C1COc2ccc(-c3csc(=Nc4ccc(Cl)cc4)n3N=C3CCCCC3)cc2N1. The molecular weight excluding hydrogens is 432 g/mol. The Kier molecular flexibility index (Phi) is 5.61. The fourth-order valence-electron chi connectivity index (χ4n) is 3.74. The van der Waals surface area contributed by atoms with Gasteiger partial charge in [0.2, 0.25) is 4.80 Å². The molecule has 1 saturated carbocycles. The summed E-state index contributed by atoms with van der Waals surface area (Å²) in [7, 11) is 0. The average molecular weight is 453 g/mol. The average Bonchev–Trinajstić information content (AvgIpc) is 3.17. The molecule has 5 rings (SSSR count). The van der Waals surface area contributed by atoms with Crippen LogP contribution in [0.5, 0.6) is 5.75 Å². The van der Waals surface area contributed by atoms with Crippen LogP contribution in [0.4, 0.5) is 11.4 Å². The van der Waals surface area contributed by atoms with E-state index < -0.39 is 0 Å². The second-order valence-corrected chi connectivity index (χ2v) is 8.85. The Hall–Kier alpha value is -2.90. The molecule has 1 aliphatic carbocycles. The topological polar surface area (TPSA) is 68.0 Å². The number of hydrogen-bond acceptors (Lipinski definition) is 5. The van der Waals surface area contributed by atoms with Gasteiger partial charge in [-0.1, -0.05) is 18.0 Å². The molecule has 0 bridgehead atoms. The Morgan fingerprint density at radius 2 is 1.87 bits per heavy atom. The van der Waals surface area contributed by atoms with Gasteiger partial charge in [-0.3, -0.25) is 4.79 Å². The Balaban J connectivity index is 1.62. The van der Waals surface area contributed by atoms with E-state index in [0.717, 1.165) is 34.6 Å². The van der Waals surface area contributed by atoms with Gasteiger partial charge in [-0.2, -0.15) is 5.10 Å². The van der Waals surface area contributed by atoms with Crippen molar-refractivity contribution in [3.8, 4) is 17.0 Å². The van der Waals surface area contributed by atoms with Crippen LogP contribution in [0.3, 0.4) is 0 Å². The van der Waals surface area contributed by atoms with Gasteiger partial charge in [0.15, 0.2) is 6.61 Å². The van der Waals surface area contributed by atoms with Gasteiger partial charge in [0, 0.05) is 21.7 Å². The standard InChI is InChI=1S/C23H21ClN4O2S/c24-16-7-9-17(10-8-16)25-23-28(27-18-4-2-1-3-5-18)20(14-31-23)15-6-11-21-19(12-15)26-22(29)13-30-21/h6-12,14H,1-5,13H2,(H,26,29). The number of fused-ring (bicyclic) bond motifs is 1. The molecule has 0 unspecified atom stereocenters. The molecule has 1 amide bonds. The summed E-state index contributed by atoms with van der Waals surface area (Å²) in [4.78, 5) is 17.3. The number of nitrogens with one attached hydrogen (secondary N) is 1. The summed E-state index contributed by atoms with van der Waals surface area (Å²) < 4.78 is 7.42. The number of rotatable bonds is 3. The van der Waals surface area contributed by atoms with E-state index in [1.54, 1.807) is 0 Å². The highest BCUT2D eigenvalue weighted by Gasteiger charge is 2.18. The molecule has 1 fully saturated rings. The Morgan fingerprint density at radius 1 is 1.06 bits per heavy atom. The van der Waals surface area contributed by atoms with Crippen LogP contribution in [0, 0.1) is 0 Å².